The summed E-state index contributed by atoms with van der Waals surface area (Å²) in [5.41, 5.74) is 0.444. The number of carbonyl (C=O) groups excluding carboxylic acids is 1. The molecule has 1 N–H and O–H groups in total. The molecule has 0 saturated carbocycles. The Labute approximate surface area is 148 Å². The maximum absolute atomic E-state index is 12.5. The third-order valence-corrected chi connectivity index (χ3v) is 6.13. The molecule has 0 atom stereocenters. The van der Waals surface area contributed by atoms with E-state index in [1.807, 2.05) is 0 Å². The van der Waals surface area contributed by atoms with Crippen LogP contribution in [0.1, 0.15) is 23.2 Å². The first-order valence-corrected chi connectivity index (χ1v) is 9.39. The average molecular weight is 371 g/mol. The summed E-state index contributed by atoms with van der Waals surface area (Å²) in [7, 11) is 2.68. The highest BCUT2D eigenvalue weighted by atomic mass is 32.2. The molecule has 25 heavy (non-hydrogen) atoms. The Bertz CT molecular complexity index is 690. The number of hydrogen-bond acceptors (Lipinski definition) is 5. The topological polar surface area (TPSA) is 88.2 Å². The predicted molar refractivity (Wildman–Crippen MR) is 94.2 cm³/mol. The van der Waals surface area contributed by atoms with Crippen molar-refractivity contribution in [1.29, 1.82) is 0 Å². The first kappa shape index (κ1) is 19.5. The molecule has 1 aromatic rings. The Kier molecular flexibility index (Phi) is 6.26. The van der Waals surface area contributed by atoms with Crippen molar-refractivity contribution in [2.45, 2.75) is 18.9 Å². The first-order chi connectivity index (χ1) is 11.8. The van der Waals surface area contributed by atoms with Gasteiger partial charge in [0.25, 0.3) is 16.1 Å². The van der Waals surface area contributed by atoms with Crippen LogP contribution in [0.3, 0.4) is 0 Å². The molecular formula is C16H25N3O5S. The Morgan fingerprint density at radius 3 is 2.08 bits per heavy atom. The molecule has 1 aliphatic heterocycles. The first-order valence-electron chi connectivity index (χ1n) is 7.99. The summed E-state index contributed by atoms with van der Waals surface area (Å²) < 4.78 is 37.2. The minimum absolute atomic E-state index is 0.0710. The van der Waals surface area contributed by atoms with Gasteiger partial charge in [-0.15, -0.1) is 0 Å². The zero-order valence-corrected chi connectivity index (χ0v) is 15.8. The van der Waals surface area contributed by atoms with E-state index in [1.165, 1.54) is 36.9 Å². The van der Waals surface area contributed by atoms with Gasteiger partial charge in [-0.2, -0.15) is 17.0 Å². The van der Waals surface area contributed by atoms with E-state index in [9.17, 15) is 13.2 Å². The van der Waals surface area contributed by atoms with Crippen molar-refractivity contribution in [3.63, 3.8) is 0 Å². The Morgan fingerprint density at radius 2 is 1.64 bits per heavy atom. The zero-order valence-electron chi connectivity index (χ0n) is 15.0. The number of carbonyl (C=O) groups is 1. The molecule has 8 nitrogen and oxygen atoms in total. The molecule has 1 saturated heterocycles. The minimum atomic E-state index is -3.40. The number of ether oxygens (including phenoxy) is 2. The van der Waals surface area contributed by atoms with Crippen molar-refractivity contribution in [2.24, 2.45) is 0 Å². The van der Waals surface area contributed by atoms with Gasteiger partial charge in [0.05, 0.1) is 14.2 Å². The summed E-state index contributed by atoms with van der Waals surface area (Å²) in [6, 6.07) is 4.91. The summed E-state index contributed by atoms with van der Waals surface area (Å²) in [5, 5.41) is 2.95. The van der Waals surface area contributed by atoms with Crippen molar-refractivity contribution >= 4 is 16.1 Å². The summed E-state index contributed by atoms with van der Waals surface area (Å²) in [6.45, 7) is 0.764. The number of rotatable bonds is 6. The summed E-state index contributed by atoms with van der Waals surface area (Å²) in [6.07, 6.45) is 1.14. The fourth-order valence-corrected chi connectivity index (χ4v) is 3.80. The Balaban J connectivity index is 1.99. The lowest BCUT2D eigenvalue weighted by atomic mass is 10.1. The van der Waals surface area contributed by atoms with E-state index in [2.05, 4.69) is 5.32 Å². The average Bonchev–Trinajstić information content (AvgIpc) is 2.61. The van der Waals surface area contributed by atoms with Crippen LogP contribution in [0.15, 0.2) is 18.2 Å². The fraction of sp³-hybridized carbons (Fsp3) is 0.562. The van der Waals surface area contributed by atoms with E-state index in [1.54, 1.807) is 18.2 Å². The molecule has 0 bridgehead atoms. The van der Waals surface area contributed by atoms with Crippen LogP contribution < -0.4 is 14.8 Å². The van der Waals surface area contributed by atoms with Gasteiger partial charge in [-0.05, 0) is 25.0 Å². The van der Waals surface area contributed by atoms with Crippen LogP contribution in [-0.2, 0) is 10.2 Å². The molecule has 0 aromatic heterocycles. The number of nitrogens with zero attached hydrogens (tertiary/aromatic N) is 2. The lowest BCUT2D eigenvalue weighted by molar-refractivity contribution is 0.0922. The van der Waals surface area contributed by atoms with Crippen LogP contribution in [0.4, 0.5) is 0 Å². The second-order valence-electron chi connectivity index (χ2n) is 6.04. The molecule has 2 rings (SSSR count). The number of methoxy groups -OCH3 is 2. The largest absolute Gasteiger partial charge is 0.497 e. The second-order valence-corrected chi connectivity index (χ2v) is 8.18. The third kappa shape index (κ3) is 4.62. The summed E-state index contributed by atoms with van der Waals surface area (Å²) in [5.74, 6) is 0.846. The van der Waals surface area contributed by atoms with Crippen molar-refractivity contribution in [2.75, 3.05) is 41.4 Å². The standard InChI is InChI=1S/C16H25N3O5S/c1-18(2)25(21,22)19-7-5-13(6-8-19)17-16(20)12-9-14(23-3)11-15(10-12)24-4/h9-11,13H,5-8H2,1-4H3,(H,17,20). The molecule has 1 aliphatic rings. The van der Waals surface area contributed by atoms with E-state index in [-0.39, 0.29) is 11.9 Å². The van der Waals surface area contributed by atoms with Crippen LogP contribution >= 0.6 is 0 Å². The number of amides is 1. The van der Waals surface area contributed by atoms with E-state index >= 15 is 0 Å². The van der Waals surface area contributed by atoms with Crippen molar-refractivity contribution in [1.82, 2.24) is 13.9 Å². The lowest BCUT2D eigenvalue weighted by Gasteiger charge is -2.33. The number of nitrogens with one attached hydrogen (secondary N) is 1. The van der Waals surface area contributed by atoms with Gasteiger partial charge in [0.2, 0.25) is 0 Å². The summed E-state index contributed by atoms with van der Waals surface area (Å²) >= 11 is 0. The monoisotopic (exact) mass is 371 g/mol. The molecule has 1 amide bonds. The van der Waals surface area contributed by atoms with Crippen LogP contribution in [0, 0.1) is 0 Å². The van der Waals surface area contributed by atoms with Gasteiger partial charge in [-0.1, -0.05) is 0 Å². The van der Waals surface area contributed by atoms with Gasteiger partial charge in [-0.3, -0.25) is 4.79 Å². The van der Waals surface area contributed by atoms with Gasteiger partial charge in [-0.25, -0.2) is 0 Å². The minimum Gasteiger partial charge on any atom is -0.497 e. The molecule has 0 aliphatic carbocycles. The van der Waals surface area contributed by atoms with Crippen molar-refractivity contribution < 1.29 is 22.7 Å². The van der Waals surface area contributed by atoms with Crippen LogP contribution in [0.25, 0.3) is 0 Å². The quantitative estimate of drug-likeness (QED) is 0.795. The Hall–Kier alpha value is -1.84. The fourth-order valence-electron chi connectivity index (χ4n) is 2.67. The third-order valence-electron chi connectivity index (χ3n) is 4.19. The summed E-state index contributed by atoms with van der Waals surface area (Å²) in [4.78, 5) is 12.5. The molecule has 1 heterocycles. The number of benzene rings is 1. The molecule has 1 fully saturated rings. The molecule has 0 radical (unpaired) electrons. The molecule has 140 valence electrons. The maximum Gasteiger partial charge on any atom is 0.281 e. The molecular weight excluding hydrogens is 346 g/mol. The number of piperidine rings is 1. The molecule has 9 heteroatoms. The van der Waals surface area contributed by atoms with Crippen molar-refractivity contribution in [3.05, 3.63) is 23.8 Å². The van der Waals surface area contributed by atoms with E-state index in [4.69, 9.17) is 9.47 Å². The normalized spacial score (nSPS) is 16.7. The SMILES string of the molecule is COc1cc(OC)cc(C(=O)NC2CCN(S(=O)(=O)N(C)C)CC2)c1. The highest BCUT2D eigenvalue weighted by Crippen LogP contribution is 2.23. The molecule has 0 spiro atoms. The highest BCUT2D eigenvalue weighted by Gasteiger charge is 2.30. The van der Waals surface area contributed by atoms with E-state index < -0.39 is 10.2 Å². The van der Waals surface area contributed by atoms with Gasteiger partial charge in [0, 0.05) is 44.9 Å². The van der Waals surface area contributed by atoms with Crippen LogP contribution in [0.5, 0.6) is 11.5 Å². The maximum atomic E-state index is 12.5. The van der Waals surface area contributed by atoms with Crippen molar-refractivity contribution in [3.8, 4) is 11.5 Å². The van der Waals surface area contributed by atoms with Crippen LogP contribution in [0.2, 0.25) is 0 Å². The molecule has 1 aromatic carbocycles. The smallest absolute Gasteiger partial charge is 0.281 e. The van der Waals surface area contributed by atoms with E-state index in [0.29, 0.717) is 43.0 Å². The second kappa shape index (κ2) is 8.03. The number of hydrogen-bond donors (Lipinski definition) is 1. The zero-order chi connectivity index (χ0) is 18.6. The lowest BCUT2D eigenvalue weighted by Crippen LogP contribution is -2.49. The van der Waals surface area contributed by atoms with Gasteiger partial charge in [0.1, 0.15) is 11.5 Å². The van der Waals surface area contributed by atoms with Gasteiger partial charge in [0.15, 0.2) is 0 Å². The predicted octanol–water partition coefficient (Wildman–Crippen LogP) is 0.704. The van der Waals surface area contributed by atoms with E-state index in [0.717, 1.165) is 0 Å². The highest BCUT2D eigenvalue weighted by molar-refractivity contribution is 7.86. The Morgan fingerprint density at radius 1 is 1.12 bits per heavy atom. The van der Waals surface area contributed by atoms with Gasteiger partial charge >= 0.3 is 0 Å². The van der Waals surface area contributed by atoms with Crippen LogP contribution in [-0.4, -0.2) is 70.4 Å². The molecule has 0 unspecified atom stereocenters. The van der Waals surface area contributed by atoms with Gasteiger partial charge < -0.3 is 14.8 Å².